The summed E-state index contributed by atoms with van der Waals surface area (Å²) in [4.78, 5) is 10.5. The van der Waals surface area contributed by atoms with Gasteiger partial charge in [-0.2, -0.15) is 0 Å². The fourth-order valence-electron chi connectivity index (χ4n) is 0.596. The quantitative estimate of drug-likeness (QED) is 0.462. The van der Waals surface area contributed by atoms with Crippen molar-refractivity contribution < 1.29 is 4.79 Å². The molecule has 0 radical (unpaired) electrons. The van der Waals surface area contributed by atoms with Gasteiger partial charge in [0, 0.05) is 6.42 Å². The fourth-order valence-corrected chi connectivity index (χ4v) is 0.850. The molecular formula is C5H7NOS. The van der Waals surface area contributed by atoms with Crippen molar-refractivity contribution in [3.8, 4) is 0 Å². The Morgan fingerprint density at radius 3 is 2.88 bits per heavy atom. The summed E-state index contributed by atoms with van der Waals surface area (Å²) in [6.07, 6.45) is 3.32. The van der Waals surface area contributed by atoms with Crippen LogP contribution in [0, 0.1) is 0 Å². The van der Waals surface area contributed by atoms with Crippen molar-refractivity contribution in [3.05, 3.63) is 11.1 Å². The van der Waals surface area contributed by atoms with Crippen molar-refractivity contribution >= 4 is 18.5 Å². The Balaban J connectivity index is 2.57. The number of amides is 1. The highest BCUT2D eigenvalue weighted by Crippen LogP contribution is 2.05. The SMILES string of the molecule is O=C1CCC=C(S)N1. The summed E-state index contributed by atoms with van der Waals surface area (Å²) in [6.45, 7) is 0. The normalized spacial score (nSPS) is 19.6. The van der Waals surface area contributed by atoms with Crippen LogP contribution in [-0.4, -0.2) is 5.91 Å². The standard InChI is InChI=1S/C5H7NOS/c7-4-2-1-3-5(8)6-4/h3,8H,1-2H2,(H,6,7). The zero-order valence-electron chi connectivity index (χ0n) is 4.35. The van der Waals surface area contributed by atoms with Crippen LogP contribution in [0.3, 0.4) is 0 Å². The van der Waals surface area contributed by atoms with Crippen molar-refractivity contribution in [1.29, 1.82) is 0 Å². The molecule has 0 aromatic heterocycles. The highest BCUT2D eigenvalue weighted by atomic mass is 32.1. The summed E-state index contributed by atoms with van der Waals surface area (Å²) in [5.74, 6) is 0.0671. The molecule has 0 saturated heterocycles. The van der Waals surface area contributed by atoms with E-state index in [-0.39, 0.29) is 5.91 Å². The zero-order valence-corrected chi connectivity index (χ0v) is 5.24. The van der Waals surface area contributed by atoms with E-state index >= 15 is 0 Å². The Morgan fingerprint density at radius 2 is 2.50 bits per heavy atom. The van der Waals surface area contributed by atoms with E-state index in [1.165, 1.54) is 0 Å². The average Bonchev–Trinajstić information content (AvgIpc) is 1.64. The van der Waals surface area contributed by atoms with E-state index in [1.54, 1.807) is 0 Å². The summed E-state index contributed by atoms with van der Waals surface area (Å²) in [6, 6.07) is 0. The van der Waals surface area contributed by atoms with Crippen LogP contribution in [-0.2, 0) is 4.79 Å². The number of carbonyl (C=O) groups is 1. The second-order valence-electron chi connectivity index (χ2n) is 1.68. The maximum absolute atomic E-state index is 10.5. The molecule has 1 aliphatic rings. The van der Waals surface area contributed by atoms with Gasteiger partial charge < -0.3 is 5.32 Å². The minimum Gasteiger partial charge on any atom is -0.321 e. The van der Waals surface area contributed by atoms with Gasteiger partial charge in [0.25, 0.3) is 0 Å². The molecule has 1 rings (SSSR count). The maximum Gasteiger partial charge on any atom is 0.225 e. The van der Waals surface area contributed by atoms with Crippen molar-refractivity contribution in [3.63, 3.8) is 0 Å². The zero-order chi connectivity index (χ0) is 5.98. The molecule has 0 spiro atoms. The van der Waals surface area contributed by atoms with Gasteiger partial charge in [-0.1, -0.05) is 6.08 Å². The van der Waals surface area contributed by atoms with Crippen LogP contribution in [0.2, 0.25) is 0 Å². The van der Waals surface area contributed by atoms with Gasteiger partial charge in [-0.25, -0.2) is 0 Å². The van der Waals surface area contributed by atoms with Crippen molar-refractivity contribution in [2.45, 2.75) is 12.8 Å². The lowest BCUT2D eigenvalue weighted by atomic mass is 10.2. The summed E-state index contributed by atoms with van der Waals surface area (Å²) in [7, 11) is 0. The van der Waals surface area contributed by atoms with E-state index in [2.05, 4.69) is 17.9 Å². The fraction of sp³-hybridized carbons (Fsp3) is 0.400. The third-order valence-corrected chi connectivity index (χ3v) is 1.27. The van der Waals surface area contributed by atoms with E-state index in [4.69, 9.17) is 0 Å². The molecule has 1 N–H and O–H groups in total. The summed E-state index contributed by atoms with van der Waals surface area (Å²) in [5, 5.41) is 3.25. The van der Waals surface area contributed by atoms with Gasteiger partial charge in [0.2, 0.25) is 5.91 Å². The first-order valence-electron chi connectivity index (χ1n) is 2.48. The number of allylic oxidation sites excluding steroid dienone is 1. The molecule has 1 heterocycles. The topological polar surface area (TPSA) is 29.1 Å². The molecule has 3 heteroatoms. The van der Waals surface area contributed by atoms with Gasteiger partial charge in [0.05, 0.1) is 5.03 Å². The second kappa shape index (κ2) is 2.22. The molecule has 0 saturated carbocycles. The Labute approximate surface area is 53.4 Å². The van der Waals surface area contributed by atoms with Crippen LogP contribution >= 0.6 is 12.6 Å². The molecular weight excluding hydrogens is 122 g/mol. The minimum absolute atomic E-state index is 0.0671. The highest BCUT2D eigenvalue weighted by molar-refractivity contribution is 7.84. The van der Waals surface area contributed by atoms with E-state index in [0.29, 0.717) is 11.4 Å². The largest absolute Gasteiger partial charge is 0.321 e. The molecule has 8 heavy (non-hydrogen) atoms. The molecule has 1 amide bonds. The molecule has 2 nitrogen and oxygen atoms in total. The maximum atomic E-state index is 10.5. The van der Waals surface area contributed by atoms with Crippen molar-refractivity contribution in [2.24, 2.45) is 0 Å². The van der Waals surface area contributed by atoms with Crippen molar-refractivity contribution in [1.82, 2.24) is 5.32 Å². The lowest BCUT2D eigenvalue weighted by Crippen LogP contribution is -2.22. The first-order chi connectivity index (χ1) is 3.79. The molecule has 0 aliphatic carbocycles. The number of hydrogen-bond donors (Lipinski definition) is 2. The third kappa shape index (κ3) is 1.26. The van der Waals surface area contributed by atoms with Crippen LogP contribution in [0.5, 0.6) is 0 Å². The molecule has 0 unspecified atom stereocenters. The van der Waals surface area contributed by atoms with E-state index < -0.39 is 0 Å². The minimum atomic E-state index is 0.0671. The lowest BCUT2D eigenvalue weighted by molar-refractivity contribution is -0.120. The summed E-state index contributed by atoms with van der Waals surface area (Å²) >= 11 is 3.95. The first-order valence-corrected chi connectivity index (χ1v) is 2.93. The summed E-state index contributed by atoms with van der Waals surface area (Å²) < 4.78 is 0. The van der Waals surface area contributed by atoms with E-state index in [0.717, 1.165) is 6.42 Å². The Bertz CT molecular complexity index is 141. The van der Waals surface area contributed by atoms with Crippen LogP contribution in [0.1, 0.15) is 12.8 Å². The molecule has 0 aromatic rings. The lowest BCUT2D eigenvalue weighted by Gasteiger charge is -2.07. The van der Waals surface area contributed by atoms with Gasteiger partial charge in [-0.15, -0.1) is 12.6 Å². The van der Waals surface area contributed by atoms with E-state index in [9.17, 15) is 4.79 Å². The molecule has 0 aromatic carbocycles. The van der Waals surface area contributed by atoms with Crippen LogP contribution < -0.4 is 5.32 Å². The predicted octanol–water partition coefficient (Wildman–Crippen LogP) is 0.668. The van der Waals surface area contributed by atoms with Gasteiger partial charge in [-0.05, 0) is 6.42 Å². The number of thiol groups is 1. The van der Waals surface area contributed by atoms with Gasteiger partial charge >= 0.3 is 0 Å². The monoisotopic (exact) mass is 129 g/mol. The molecule has 44 valence electrons. The Hall–Kier alpha value is -0.440. The first kappa shape index (κ1) is 5.69. The van der Waals surface area contributed by atoms with Crippen LogP contribution in [0.25, 0.3) is 0 Å². The highest BCUT2D eigenvalue weighted by Gasteiger charge is 2.04. The summed E-state index contributed by atoms with van der Waals surface area (Å²) in [5.41, 5.74) is 0. The number of hydrogen-bond acceptors (Lipinski definition) is 2. The van der Waals surface area contributed by atoms with Crippen LogP contribution in [0.4, 0.5) is 0 Å². The average molecular weight is 129 g/mol. The number of rotatable bonds is 0. The van der Waals surface area contributed by atoms with Crippen molar-refractivity contribution in [2.75, 3.05) is 0 Å². The third-order valence-electron chi connectivity index (χ3n) is 0.977. The number of carbonyl (C=O) groups excluding carboxylic acids is 1. The number of nitrogens with one attached hydrogen (secondary N) is 1. The Morgan fingerprint density at radius 1 is 1.75 bits per heavy atom. The molecule has 0 bridgehead atoms. The molecule has 0 atom stereocenters. The van der Waals surface area contributed by atoms with Gasteiger partial charge in [0.15, 0.2) is 0 Å². The van der Waals surface area contributed by atoms with E-state index in [1.807, 2.05) is 6.08 Å². The smallest absolute Gasteiger partial charge is 0.225 e. The second-order valence-corrected chi connectivity index (χ2v) is 2.16. The predicted molar refractivity (Wildman–Crippen MR) is 34.4 cm³/mol. The van der Waals surface area contributed by atoms with Gasteiger partial charge in [0.1, 0.15) is 0 Å². The molecule has 1 aliphatic heterocycles. The van der Waals surface area contributed by atoms with Crippen LogP contribution in [0.15, 0.2) is 11.1 Å². The Kier molecular flexibility index (Phi) is 1.58. The van der Waals surface area contributed by atoms with Gasteiger partial charge in [-0.3, -0.25) is 4.79 Å². The molecule has 0 fully saturated rings.